The van der Waals surface area contributed by atoms with E-state index in [2.05, 4.69) is 16.9 Å². The van der Waals surface area contributed by atoms with Crippen molar-refractivity contribution in [1.29, 1.82) is 0 Å². The van der Waals surface area contributed by atoms with Gasteiger partial charge in [0.05, 0.1) is 12.7 Å². The van der Waals surface area contributed by atoms with Crippen LogP contribution in [0, 0.1) is 0 Å². The molecule has 1 N–H and O–H groups in total. The highest BCUT2D eigenvalue weighted by atomic mass is 19.4. The average molecular weight is 271 g/mol. The molecule has 1 rings (SSSR count). The van der Waals surface area contributed by atoms with E-state index in [1.54, 1.807) is 31.7 Å². The number of allylic oxidation sites excluding steroid dienone is 5. The number of rotatable bonds is 6. The van der Waals surface area contributed by atoms with Crippen molar-refractivity contribution in [3.8, 4) is 0 Å². The first kappa shape index (κ1) is 15.1. The number of aromatic nitrogens is 2. The lowest BCUT2D eigenvalue weighted by atomic mass is 10.2. The van der Waals surface area contributed by atoms with Crippen LogP contribution in [0.5, 0.6) is 0 Å². The summed E-state index contributed by atoms with van der Waals surface area (Å²) in [7, 11) is 1.76. The van der Waals surface area contributed by atoms with Crippen molar-refractivity contribution in [2.45, 2.75) is 19.1 Å². The van der Waals surface area contributed by atoms with Crippen LogP contribution in [-0.2, 0) is 6.54 Å². The number of nitrogens with one attached hydrogen (secondary N) is 1. The molecule has 0 saturated heterocycles. The Morgan fingerprint density at radius 3 is 2.79 bits per heavy atom. The van der Waals surface area contributed by atoms with Gasteiger partial charge in [-0.3, -0.25) is 0 Å². The maximum absolute atomic E-state index is 11.9. The van der Waals surface area contributed by atoms with Crippen molar-refractivity contribution in [3.05, 3.63) is 49.0 Å². The van der Waals surface area contributed by atoms with Gasteiger partial charge in [0.1, 0.15) is 5.82 Å². The van der Waals surface area contributed by atoms with E-state index >= 15 is 0 Å². The van der Waals surface area contributed by atoms with E-state index in [0.717, 1.165) is 17.5 Å². The Balaban J connectivity index is 2.60. The highest BCUT2D eigenvalue weighted by molar-refractivity contribution is 5.31. The highest BCUT2D eigenvalue weighted by Crippen LogP contribution is 2.19. The zero-order chi connectivity index (χ0) is 14.3. The predicted octanol–water partition coefficient (Wildman–Crippen LogP) is 3.55. The molecule has 0 amide bonds. The van der Waals surface area contributed by atoms with Gasteiger partial charge in [-0.25, -0.2) is 4.98 Å². The van der Waals surface area contributed by atoms with Gasteiger partial charge >= 0.3 is 6.18 Å². The second-order valence-corrected chi connectivity index (χ2v) is 3.87. The normalized spacial score (nSPS) is 12.9. The van der Waals surface area contributed by atoms with Gasteiger partial charge in [-0.15, -0.1) is 0 Å². The van der Waals surface area contributed by atoms with Crippen molar-refractivity contribution in [3.63, 3.8) is 0 Å². The van der Waals surface area contributed by atoms with Gasteiger partial charge in [0.2, 0.25) is 0 Å². The molecule has 0 bridgehead atoms. The molecule has 104 valence electrons. The zero-order valence-electron chi connectivity index (χ0n) is 10.6. The fourth-order valence-electron chi connectivity index (χ4n) is 1.37. The minimum Gasteiger partial charge on any atom is -0.372 e. The van der Waals surface area contributed by atoms with Crippen LogP contribution in [-0.4, -0.2) is 22.8 Å². The third-order valence-electron chi connectivity index (χ3n) is 2.31. The van der Waals surface area contributed by atoms with Crippen LogP contribution < -0.4 is 5.32 Å². The van der Waals surface area contributed by atoms with Crippen molar-refractivity contribution in [2.75, 3.05) is 12.4 Å². The van der Waals surface area contributed by atoms with Crippen molar-refractivity contribution >= 4 is 5.82 Å². The molecular weight excluding hydrogens is 255 g/mol. The number of hydrogen-bond acceptors (Lipinski definition) is 2. The molecule has 0 aromatic carbocycles. The smallest absolute Gasteiger partial charge is 0.372 e. The molecule has 0 atom stereocenters. The molecule has 0 aliphatic heterocycles. The van der Waals surface area contributed by atoms with Crippen molar-refractivity contribution in [1.82, 2.24) is 9.55 Å². The zero-order valence-corrected chi connectivity index (χ0v) is 10.6. The van der Waals surface area contributed by atoms with Crippen LogP contribution in [0.2, 0.25) is 0 Å². The summed E-state index contributed by atoms with van der Waals surface area (Å²) in [4.78, 5) is 4.07. The molecule has 19 heavy (non-hydrogen) atoms. The van der Waals surface area contributed by atoms with E-state index in [9.17, 15) is 13.2 Å². The molecule has 0 unspecified atom stereocenters. The van der Waals surface area contributed by atoms with Crippen molar-refractivity contribution in [2.24, 2.45) is 0 Å². The van der Waals surface area contributed by atoms with Gasteiger partial charge < -0.3 is 9.88 Å². The number of alkyl halides is 3. The summed E-state index contributed by atoms with van der Waals surface area (Å²) < 4.78 is 37.6. The molecule has 0 spiro atoms. The summed E-state index contributed by atoms with van der Waals surface area (Å²) >= 11 is 0. The second kappa shape index (κ2) is 6.82. The van der Waals surface area contributed by atoms with Crippen molar-refractivity contribution < 1.29 is 13.2 Å². The summed E-state index contributed by atoms with van der Waals surface area (Å²) in [6.45, 7) is 4.15. The van der Waals surface area contributed by atoms with E-state index in [0.29, 0.717) is 6.54 Å². The minimum atomic E-state index is -4.16. The van der Waals surface area contributed by atoms with E-state index < -0.39 is 12.6 Å². The molecule has 6 heteroatoms. The molecule has 0 saturated carbocycles. The van der Waals surface area contributed by atoms with E-state index in [1.807, 2.05) is 4.57 Å². The minimum absolute atomic E-state index is 0.508. The monoisotopic (exact) mass is 271 g/mol. The number of imidazole rings is 1. The molecule has 0 fully saturated rings. The predicted molar refractivity (Wildman–Crippen MR) is 69.9 cm³/mol. The number of nitrogens with zero attached hydrogens (tertiary/aromatic N) is 2. The highest BCUT2D eigenvalue weighted by Gasteiger charge is 2.24. The van der Waals surface area contributed by atoms with Crippen LogP contribution in [0.1, 0.15) is 6.42 Å². The Hall–Kier alpha value is -1.98. The molecule has 3 nitrogen and oxygen atoms in total. The van der Waals surface area contributed by atoms with Gasteiger partial charge in [0, 0.05) is 19.8 Å². The molecule has 1 aromatic rings. The lowest BCUT2D eigenvalue weighted by Gasteiger charge is -2.02. The summed E-state index contributed by atoms with van der Waals surface area (Å²) in [6.07, 6.45) is 4.04. The van der Waals surface area contributed by atoms with E-state index in [1.165, 1.54) is 6.08 Å². The lowest BCUT2D eigenvalue weighted by Crippen LogP contribution is -2.03. The number of anilines is 1. The third kappa shape index (κ3) is 5.94. The Bertz CT molecular complexity index is 470. The molecule has 0 aliphatic carbocycles. The quantitative estimate of drug-likeness (QED) is 0.802. The Kier molecular flexibility index (Phi) is 5.41. The summed E-state index contributed by atoms with van der Waals surface area (Å²) in [5.74, 6) is 0.732. The summed E-state index contributed by atoms with van der Waals surface area (Å²) in [5, 5.41) is 2.89. The Labute approximate surface area is 110 Å². The van der Waals surface area contributed by atoms with E-state index in [4.69, 9.17) is 0 Å². The average Bonchev–Trinajstić information content (AvgIpc) is 2.79. The van der Waals surface area contributed by atoms with Gasteiger partial charge in [-0.05, 0) is 5.57 Å². The number of halogens is 3. The fraction of sp³-hybridized carbons (Fsp3) is 0.308. The standard InChI is InChI=1S/C13H16F3N3/c1-3-11(6-4-5-7-13(14,15)16)8-19-9-12(17-2)18-10-19/h3-6,9-10,17H,1,7-8H2,2H3/b5-4-,11-6+. The number of hydrogen-bond donors (Lipinski definition) is 1. The van der Waals surface area contributed by atoms with Gasteiger partial charge in [0.25, 0.3) is 0 Å². The molecular formula is C13H16F3N3. The van der Waals surface area contributed by atoms with Gasteiger partial charge in [0.15, 0.2) is 0 Å². The Morgan fingerprint density at radius 1 is 1.53 bits per heavy atom. The first-order valence-electron chi connectivity index (χ1n) is 5.69. The van der Waals surface area contributed by atoms with Crippen LogP contribution in [0.4, 0.5) is 19.0 Å². The fourth-order valence-corrected chi connectivity index (χ4v) is 1.37. The van der Waals surface area contributed by atoms with E-state index in [-0.39, 0.29) is 0 Å². The topological polar surface area (TPSA) is 29.9 Å². The maximum atomic E-state index is 11.9. The first-order valence-corrected chi connectivity index (χ1v) is 5.69. The van der Waals surface area contributed by atoms with Crippen LogP contribution in [0.15, 0.2) is 49.0 Å². The van der Waals surface area contributed by atoms with Crippen LogP contribution in [0.25, 0.3) is 0 Å². The van der Waals surface area contributed by atoms with Crippen LogP contribution in [0.3, 0.4) is 0 Å². The SMILES string of the molecule is C=C/C(=C\C=C/CC(F)(F)F)Cn1cnc(NC)c1. The first-order chi connectivity index (χ1) is 8.94. The summed E-state index contributed by atoms with van der Waals surface area (Å²) in [6, 6.07) is 0. The molecule has 1 heterocycles. The largest absolute Gasteiger partial charge is 0.392 e. The molecule has 0 radical (unpaired) electrons. The second-order valence-electron chi connectivity index (χ2n) is 3.87. The summed E-state index contributed by atoms with van der Waals surface area (Å²) in [5.41, 5.74) is 0.804. The van der Waals surface area contributed by atoms with Crippen LogP contribution >= 0.6 is 0 Å². The lowest BCUT2D eigenvalue weighted by molar-refractivity contribution is -0.125. The van der Waals surface area contributed by atoms with Gasteiger partial charge in [-0.2, -0.15) is 13.2 Å². The molecule has 0 aliphatic rings. The Morgan fingerprint density at radius 2 is 2.26 bits per heavy atom. The third-order valence-corrected chi connectivity index (χ3v) is 2.31. The molecule has 1 aromatic heterocycles. The maximum Gasteiger partial charge on any atom is 0.392 e. The van der Waals surface area contributed by atoms with Gasteiger partial charge in [-0.1, -0.05) is 30.9 Å².